The van der Waals surface area contributed by atoms with Gasteiger partial charge in [-0.05, 0) is 54.9 Å². The van der Waals surface area contributed by atoms with Crippen molar-refractivity contribution in [2.75, 3.05) is 6.54 Å². The molecule has 102 valence electrons. The molecule has 0 saturated heterocycles. The van der Waals surface area contributed by atoms with Crippen LogP contribution >= 0.6 is 0 Å². The van der Waals surface area contributed by atoms with E-state index in [9.17, 15) is 0 Å². The van der Waals surface area contributed by atoms with E-state index in [4.69, 9.17) is 5.73 Å². The predicted molar refractivity (Wildman–Crippen MR) is 76.9 cm³/mol. The van der Waals surface area contributed by atoms with Crippen molar-refractivity contribution in [3.8, 4) is 0 Å². The van der Waals surface area contributed by atoms with Gasteiger partial charge in [0.15, 0.2) is 0 Å². The fourth-order valence-electron chi connectivity index (χ4n) is 3.71. The van der Waals surface area contributed by atoms with Crippen molar-refractivity contribution in [3.63, 3.8) is 0 Å². The monoisotopic (exact) mass is 239 g/mol. The van der Waals surface area contributed by atoms with Gasteiger partial charge in [-0.15, -0.1) is 0 Å². The van der Waals surface area contributed by atoms with Gasteiger partial charge in [0.25, 0.3) is 0 Å². The van der Waals surface area contributed by atoms with Crippen LogP contribution in [0.2, 0.25) is 0 Å². The number of hydrogen-bond donors (Lipinski definition) is 1. The molecule has 0 bridgehead atoms. The fourth-order valence-corrected chi connectivity index (χ4v) is 3.71. The highest BCUT2D eigenvalue weighted by Gasteiger charge is 2.37. The van der Waals surface area contributed by atoms with Gasteiger partial charge in [0.1, 0.15) is 0 Å². The molecule has 0 aliphatic heterocycles. The van der Waals surface area contributed by atoms with Gasteiger partial charge < -0.3 is 5.73 Å². The molecule has 0 radical (unpaired) electrons. The van der Waals surface area contributed by atoms with Crippen LogP contribution in [0.5, 0.6) is 0 Å². The molecule has 0 heterocycles. The summed E-state index contributed by atoms with van der Waals surface area (Å²) in [7, 11) is 0. The van der Waals surface area contributed by atoms with Crippen LogP contribution in [0.3, 0.4) is 0 Å². The molecule has 0 aromatic rings. The molecule has 1 aliphatic rings. The van der Waals surface area contributed by atoms with Crippen molar-refractivity contribution in [1.29, 1.82) is 0 Å². The van der Waals surface area contributed by atoms with Crippen LogP contribution in [-0.2, 0) is 0 Å². The standard InChI is InChI=1S/C16H33N/c1-6-7-12(2)15-10-14(16(3,4)5)9-8-13(15)11-17/h12-15H,6-11,17H2,1-5H3. The van der Waals surface area contributed by atoms with E-state index in [1.807, 2.05) is 0 Å². The van der Waals surface area contributed by atoms with Crippen LogP contribution in [0.25, 0.3) is 0 Å². The first-order chi connectivity index (χ1) is 7.90. The highest BCUT2D eigenvalue weighted by atomic mass is 14.6. The molecule has 1 nitrogen and oxygen atoms in total. The first-order valence-corrected chi connectivity index (χ1v) is 7.60. The Balaban J connectivity index is 2.68. The zero-order chi connectivity index (χ0) is 13.1. The van der Waals surface area contributed by atoms with Crippen molar-refractivity contribution >= 4 is 0 Å². The summed E-state index contributed by atoms with van der Waals surface area (Å²) >= 11 is 0. The van der Waals surface area contributed by atoms with E-state index in [-0.39, 0.29) is 0 Å². The van der Waals surface area contributed by atoms with Gasteiger partial charge in [-0.2, -0.15) is 0 Å². The molecule has 2 N–H and O–H groups in total. The summed E-state index contributed by atoms with van der Waals surface area (Å²) in [5.41, 5.74) is 6.46. The Morgan fingerprint density at radius 1 is 1.24 bits per heavy atom. The molecule has 4 atom stereocenters. The topological polar surface area (TPSA) is 26.0 Å². The van der Waals surface area contributed by atoms with Crippen molar-refractivity contribution in [2.45, 2.75) is 66.7 Å². The lowest BCUT2D eigenvalue weighted by Crippen LogP contribution is -2.37. The summed E-state index contributed by atoms with van der Waals surface area (Å²) in [6.07, 6.45) is 6.84. The molecule has 1 heteroatoms. The average molecular weight is 239 g/mol. The van der Waals surface area contributed by atoms with Gasteiger partial charge >= 0.3 is 0 Å². The zero-order valence-electron chi connectivity index (χ0n) is 12.6. The minimum atomic E-state index is 0.476. The van der Waals surface area contributed by atoms with E-state index in [1.54, 1.807) is 0 Å². The first-order valence-electron chi connectivity index (χ1n) is 7.60. The van der Waals surface area contributed by atoms with E-state index < -0.39 is 0 Å². The largest absolute Gasteiger partial charge is 0.330 e. The molecule has 4 unspecified atom stereocenters. The van der Waals surface area contributed by atoms with Crippen LogP contribution in [-0.4, -0.2) is 6.54 Å². The molecule has 1 fully saturated rings. The summed E-state index contributed by atoms with van der Waals surface area (Å²) in [6, 6.07) is 0. The molecule has 1 saturated carbocycles. The molecule has 0 aromatic carbocycles. The van der Waals surface area contributed by atoms with Crippen LogP contribution < -0.4 is 5.73 Å². The van der Waals surface area contributed by atoms with E-state index >= 15 is 0 Å². The molecule has 0 amide bonds. The van der Waals surface area contributed by atoms with Crippen LogP contribution in [0.4, 0.5) is 0 Å². The molecular formula is C16H33N. The Labute approximate surface area is 109 Å². The molecule has 0 spiro atoms. The van der Waals surface area contributed by atoms with Gasteiger partial charge in [-0.1, -0.05) is 47.5 Å². The lowest BCUT2D eigenvalue weighted by Gasteiger charge is -2.44. The van der Waals surface area contributed by atoms with Crippen LogP contribution in [0.15, 0.2) is 0 Å². The summed E-state index contributed by atoms with van der Waals surface area (Å²) in [5.74, 6) is 3.42. The van der Waals surface area contributed by atoms with Crippen molar-refractivity contribution in [2.24, 2.45) is 34.8 Å². The van der Waals surface area contributed by atoms with Crippen molar-refractivity contribution in [1.82, 2.24) is 0 Å². The third-order valence-corrected chi connectivity index (χ3v) is 5.05. The number of nitrogens with two attached hydrogens (primary N) is 1. The third-order valence-electron chi connectivity index (χ3n) is 5.05. The number of hydrogen-bond acceptors (Lipinski definition) is 1. The van der Waals surface area contributed by atoms with Crippen molar-refractivity contribution < 1.29 is 0 Å². The predicted octanol–water partition coefficient (Wildman–Crippen LogP) is 4.46. The van der Waals surface area contributed by atoms with E-state index in [0.717, 1.165) is 30.2 Å². The van der Waals surface area contributed by atoms with Crippen LogP contribution in [0, 0.1) is 29.1 Å². The van der Waals surface area contributed by atoms with Crippen LogP contribution in [0.1, 0.15) is 66.7 Å². The minimum absolute atomic E-state index is 0.476. The summed E-state index contributed by atoms with van der Waals surface area (Å²) in [6.45, 7) is 12.9. The highest BCUT2D eigenvalue weighted by molar-refractivity contribution is 4.87. The van der Waals surface area contributed by atoms with E-state index in [0.29, 0.717) is 5.41 Å². The van der Waals surface area contributed by atoms with Gasteiger partial charge in [0, 0.05) is 0 Å². The maximum absolute atomic E-state index is 5.98. The second-order valence-electron chi connectivity index (χ2n) is 7.30. The first kappa shape index (κ1) is 15.0. The summed E-state index contributed by atoms with van der Waals surface area (Å²) in [5, 5.41) is 0. The second-order valence-corrected chi connectivity index (χ2v) is 7.30. The van der Waals surface area contributed by atoms with Gasteiger partial charge in [-0.3, -0.25) is 0 Å². The quantitative estimate of drug-likeness (QED) is 0.770. The second kappa shape index (κ2) is 6.22. The maximum Gasteiger partial charge on any atom is -0.00461 e. The fraction of sp³-hybridized carbons (Fsp3) is 1.00. The average Bonchev–Trinajstić information content (AvgIpc) is 2.27. The van der Waals surface area contributed by atoms with E-state index in [1.165, 1.54) is 32.1 Å². The Morgan fingerprint density at radius 2 is 1.88 bits per heavy atom. The lowest BCUT2D eigenvalue weighted by molar-refractivity contribution is 0.0692. The zero-order valence-corrected chi connectivity index (χ0v) is 12.6. The Bertz CT molecular complexity index is 216. The SMILES string of the molecule is CCCC(C)C1CC(C(C)(C)C)CCC1CN. The summed E-state index contributed by atoms with van der Waals surface area (Å²) in [4.78, 5) is 0. The Morgan fingerprint density at radius 3 is 2.35 bits per heavy atom. The highest BCUT2D eigenvalue weighted by Crippen LogP contribution is 2.45. The number of rotatable bonds is 4. The Kier molecular flexibility index (Phi) is 5.50. The molecular weight excluding hydrogens is 206 g/mol. The van der Waals surface area contributed by atoms with Gasteiger partial charge in [0.2, 0.25) is 0 Å². The lowest BCUT2D eigenvalue weighted by atomic mass is 9.62. The maximum atomic E-state index is 5.98. The molecule has 1 aliphatic carbocycles. The molecule has 1 rings (SSSR count). The smallest absolute Gasteiger partial charge is 0.00461 e. The van der Waals surface area contributed by atoms with Crippen molar-refractivity contribution in [3.05, 3.63) is 0 Å². The Hall–Kier alpha value is -0.0400. The minimum Gasteiger partial charge on any atom is -0.330 e. The molecule has 17 heavy (non-hydrogen) atoms. The molecule has 0 aromatic heterocycles. The van der Waals surface area contributed by atoms with E-state index in [2.05, 4.69) is 34.6 Å². The third kappa shape index (κ3) is 3.98. The van der Waals surface area contributed by atoms with Gasteiger partial charge in [-0.25, -0.2) is 0 Å². The van der Waals surface area contributed by atoms with Gasteiger partial charge in [0.05, 0.1) is 0 Å². The summed E-state index contributed by atoms with van der Waals surface area (Å²) < 4.78 is 0. The normalized spacial score (nSPS) is 32.5.